The molecule has 0 saturated heterocycles. The molecule has 1 rings (SSSR count). The Bertz CT molecular complexity index is 279. The largest absolute Gasteiger partial charge is 0.348 e. The maximum absolute atomic E-state index is 11.5. The van der Waals surface area contributed by atoms with Crippen LogP contribution < -0.4 is 5.32 Å². The van der Waals surface area contributed by atoms with E-state index in [-0.39, 0.29) is 11.4 Å². The molecule has 0 aromatic carbocycles. The summed E-state index contributed by atoms with van der Waals surface area (Å²) < 4.78 is 0. The van der Waals surface area contributed by atoms with E-state index in [0.717, 1.165) is 5.57 Å². The highest BCUT2D eigenvalue weighted by atomic mass is 16.1. The van der Waals surface area contributed by atoms with E-state index in [1.54, 1.807) is 6.08 Å². The fourth-order valence-electron chi connectivity index (χ4n) is 1.51. The normalized spacial score (nSPS) is 17.5. The van der Waals surface area contributed by atoms with Crippen molar-refractivity contribution in [1.29, 1.82) is 0 Å². The highest BCUT2D eigenvalue weighted by molar-refractivity contribution is 5.88. The van der Waals surface area contributed by atoms with Crippen LogP contribution in [0.4, 0.5) is 0 Å². The van der Waals surface area contributed by atoms with Crippen molar-refractivity contribution < 1.29 is 4.79 Å². The summed E-state index contributed by atoms with van der Waals surface area (Å²) >= 11 is 0. The quantitative estimate of drug-likeness (QED) is 0.559. The smallest absolute Gasteiger partial charge is 0.244 e. The summed E-state index contributed by atoms with van der Waals surface area (Å²) in [5, 5.41) is 2.88. The van der Waals surface area contributed by atoms with E-state index in [1.807, 2.05) is 26.8 Å². The van der Waals surface area contributed by atoms with Crippen molar-refractivity contribution in [2.24, 2.45) is 5.92 Å². The molecule has 1 fully saturated rings. The van der Waals surface area contributed by atoms with E-state index in [2.05, 4.69) is 11.9 Å². The molecule has 0 radical (unpaired) electrons. The monoisotopic (exact) mass is 207 g/mol. The minimum absolute atomic E-state index is 0.0389. The lowest BCUT2D eigenvalue weighted by Gasteiger charge is -2.25. The molecule has 15 heavy (non-hydrogen) atoms. The summed E-state index contributed by atoms with van der Waals surface area (Å²) in [7, 11) is 0. The summed E-state index contributed by atoms with van der Waals surface area (Å²) in [6, 6.07) is 0. The molecule has 2 nitrogen and oxygen atoms in total. The first-order chi connectivity index (χ1) is 6.88. The van der Waals surface area contributed by atoms with Crippen LogP contribution in [-0.4, -0.2) is 11.4 Å². The van der Waals surface area contributed by atoms with Gasteiger partial charge in [0.1, 0.15) is 0 Å². The van der Waals surface area contributed by atoms with E-state index in [1.165, 1.54) is 19.3 Å². The Labute approximate surface area is 92.4 Å². The molecule has 0 aliphatic heterocycles. The van der Waals surface area contributed by atoms with Crippen molar-refractivity contribution >= 4 is 5.91 Å². The number of nitrogens with one attached hydrogen (secondary N) is 1. The summed E-state index contributed by atoms with van der Waals surface area (Å²) in [6.07, 6.45) is 7.19. The summed E-state index contributed by atoms with van der Waals surface area (Å²) in [6.45, 7) is 9.89. The van der Waals surface area contributed by atoms with Crippen molar-refractivity contribution in [3.63, 3.8) is 0 Å². The molecule has 1 aliphatic rings. The predicted octanol–water partition coefficient (Wildman–Crippen LogP) is 2.81. The van der Waals surface area contributed by atoms with Gasteiger partial charge in [0.05, 0.1) is 0 Å². The standard InChI is InChI=1S/C13H21NO/c1-10(11-6-5-7-11)8-9-12(15)14-13(2,3)4/h8-9,11H,1,5-7H2,2-4H3,(H,14,15)/b9-8+. The van der Waals surface area contributed by atoms with Crippen LogP contribution in [-0.2, 0) is 4.79 Å². The molecule has 0 aromatic heterocycles. The topological polar surface area (TPSA) is 29.1 Å². The second-order valence-electron chi connectivity index (χ2n) is 5.28. The van der Waals surface area contributed by atoms with Gasteiger partial charge in [0.15, 0.2) is 0 Å². The van der Waals surface area contributed by atoms with Crippen LogP contribution in [0.3, 0.4) is 0 Å². The van der Waals surface area contributed by atoms with Crippen molar-refractivity contribution in [3.8, 4) is 0 Å². The fourth-order valence-corrected chi connectivity index (χ4v) is 1.51. The van der Waals surface area contributed by atoms with Gasteiger partial charge in [-0.15, -0.1) is 0 Å². The Hall–Kier alpha value is -1.05. The molecule has 0 unspecified atom stereocenters. The van der Waals surface area contributed by atoms with Crippen molar-refractivity contribution in [1.82, 2.24) is 5.32 Å². The van der Waals surface area contributed by atoms with Crippen LogP contribution in [0, 0.1) is 5.92 Å². The zero-order valence-corrected chi connectivity index (χ0v) is 9.97. The number of amides is 1. The maximum atomic E-state index is 11.5. The van der Waals surface area contributed by atoms with Crippen LogP contribution in [0.5, 0.6) is 0 Å². The first-order valence-corrected chi connectivity index (χ1v) is 5.57. The Morgan fingerprint density at radius 1 is 1.33 bits per heavy atom. The van der Waals surface area contributed by atoms with Gasteiger partial charge in [-0.1, -0.05) is 24.6 Å². The van der Waals surface area contributed by atoms with Crippen LogP contribution in [0.1, 0.15) is 40.0 Å². The Morgan fingerprint density at radius 2 is 1.93 bits per heavy atom. The van der Waals surface area contributed by atoms with Gasteiger partial charge in [-0.2, -0.15) is 0 Å². The lowest BCUT2D eigenvalue weighted by molar-refractivity contribution is -0.117. The second-order valence-corrected chi connectivity index (χ2v) is 5.28. The minimum Gasteiger partial charge on any atom is -0.348 e. The molecule has 0 heterocycles. The first kappa shape index (κ1) is 12.0. The molecule has 1 aliphatic carbocycles. The van der Waals surface area contributed by atoms with Gasteiger partial charge in [0.25, 0.3) is 0 Å². The van der Waals surface area contributed by atoms with Gasteiger partial charge in [-0.25, -0.2) is 0 Å². The van der Waals surface area contributed by atoms with Crippen molar-refractivity contribution in [3.05, 3.63) is 24.3 Å². The molecule has 1 amide bonds. The van der Waals surface area contributed by atoms with Gasteiger partial charge >= 0.3 is 0 Å². The van der Waals surface area contributed by atoms with Crippen LogP contribution in [0.15, 0.2) is 24.3 Å². The van der Waals surface area contributed by atoms with Crippen LogP contribution in [0.2, 0.25) is 0 Å². The average molecular weight is 207 g/mol. The average Bonchev–Trinajstić information content (AvgIpc) is 1.94. The Morgan fingerprint density at radius 3 is 2.33 bits per heavy atom. The van der Waals surface area contributed by atoms with E-state index < -0.39 is 0 Å². The molecule has 0 spiro atoms. The first-order valence-electron chi connectivity index (χ1n) is 5.57. The Balaban J connectivity index is 2.36. The third-order valence-corrected chi connectivity index (χ3v) is 2.58. The SMILES string of the molecule is C=C(/C=C/C(=O)NC(C)(C)C)C1CCC1. The molecule has 1 saturated carbocycles. The molecule has 2 heteroatoms. The molecule has 84 valence electrons. The van der Waals surface area contributed by atoms with Gasteiger partial charge in [0.2, 0.25) is 5.91 Å². The van der Waals surface area contributed by atoms with Gasteiger partial charge < -0.3 is 5.32 Å². The fraction of sp³-hybridized carbons (Fsp3) is 0.615. The van der Waals surface area contributed by atoms with E-state index >= 15 is 0 Å². The summed E-state index contributed by atoms with van der Waals surface area (Å²) in [5.41, 5.74) is 0.921. The Kier molecular flexibility index (Phi) is 3.72. The number of allylic oxidation sites excluding steroid dienone is 2. The highest BCUT2D eigenvalue weighted by Crippen LogP contribution is 2.32. The minimum atomic E-state index is -0.167. The maximum Gasteiger partial charge on any atom is 0.244 e. The van der Waals surface area contributed by atoms with Gasteiger partial charge in [-0.3, -0.25) is 4.79 Å². The highest BCUT2D eigenvalue weighted by Gasteiger charge is 2.19. The second kappa shape index (κ2) is 4.65. The number of hydrogen-bond acceptors (Lipinski definition) is 1. The zero-order chi connectivity index (χ0) is 11.5. The predicted molar refractivity (Wildman–Crippen MR) is 63.5 cm³/mol. The third-order valence-electron chi connectivity index (χ3n) is 2.58. The van der Waals surface area contributed by atoms with E-state index in [4.69, 9.17) is 0 Å². The van der Waals surface area contributed by atoms with Crippen LogP contribution >= 0.6 is 0 Å². The number of rotatable bonds is 3. The van der Waals surface area contributed by atoms with E-state index in [9.17, 15) is 4.79 Å². The molecule has 0 bridgehead atoms. The molecular formula is C13H21NO. The number of carbonyl (C=O) groups is 1. The summed E-state index contributed by atoms with van der Waals surface area (Å²) in [4.78, 5) is 11.5. The lowest BCUT2D eigenvalue weighted by atomic mass is 9.80. The van der Waals surface area contributed by atoms with Crippen molar-refractivity contribution in [2.75, 3.05) is 0 Å². The zero-order valence-electron chi connectivity index (χ0n) is 9.97. The third kappa shape index (κ3) is 4.32. The number of hydrogen-bond donors (Lipinski definition) is 1. The van der Waals surface area contributed by atoms with E-state index in [0.29, 0.717) is 5.92 Å². The van der Waals surface area contributed by atoms with Gasteiger partial charge in [-0.05, 0) is 39.5 Å². The van der Waals surface area contributed by atoms with Gasteiger partial charge in [0, 0.05) is 11.6 Å². The lowest BCUT2D eigenvalue weighted by Crippen LogP contribution is -2.39. The molecular weight excluding hydrogens is 186 g/mol. The molecule has 1 N–H and O–H groups in total. The molecule has 0 atom stereocenters. The van der Waals surface area contributed by atoms with Crippen molar-refractivity contribution in [2.45, 2.75) is 45.6 Å². The molecule has 0 aromatic rings. The number of carbonyl (C=O) groups excluding carboxylic acids is 1. The van der Waals surface area contributed by atoms with Crippen LogP contribution in [0.25, 0.3) is 0 Å². The summed E-state index contributed by atoms with van der Waals surface area (Å²) in [5.74, 6) is 0.576.